The van der Waals surface area contributed by atoms with Crippen LogP contribution in [0.2, 0.25) is 0 Å². The lowest BCUT2D eigenvalue weighted by Crippen LogP contribution is -2.39. The van der Waals surface area contributed by atoms with Gasteiger partial charge in [-0.2, -0.15) is 0 Å². The van der Waals surface area contributed by atoms with E-state index in [0.717, 1.165) is 63.1 Å². The number of aryl methyl sites for hydroxylation is 1. The van der Waals surface area contributed by atoms with Gasteiger partial charge in [0.05, 0.1) is 26.9 Å². The van der Waals surface area contributed by atoms with Crippen LogP contribution in [0.3, 0.4) is 0 Å². The monoisotopic (exact) mass is 573 g/mol. The summed E-state index contributed by atoms with van der Waals surface area (Å²) < 4.78 is 18.5. The number of aromatic nitrogens is 3. The van der Waals surface area contributed by atoms with Gasteiger partial charge in [-0.15, -0.1) is 34.2 Å². The minimum atomic E-state index is 0. The van der Waals surface area contributed by atoms with E-state index in [-0.39, 0.29) is 24.0 Å². The summed E-state index contributed by atoms with van der Waals surface area (Å²) in [5.41, 5.74) is 0.860. The fourth-order valence-corrected chi connectivity index (χ4v) is 3.37. The van der Waals surface area contributed by atoms with Crippen LogP contribution >= 0.6 is 24.0 Å². The van der Waals surface area contributed by atoms with Crippen molar-refractivity contribution >= 4 is 35.6 Å². The van der Waals surface area contributed by atoms with Gasteiger partial charge in [0.15, 0.2) is 23.3 Å². The quantitative estimate of drug-likeness (QED) is 0.194. The lowest BCUT2D eigenvalue weighted by molar-refractivity contribution is 0.0376. The molecule has 10 nitrogen and oxygen atoms in total. The average molecular weight is 573 g/mol. The van der Waals surface area contributed by atoms with Gasteiger partial charge in [0.25, 0.3) is 0 Å². The predicted molar refractivity (Wildman–Crippen MR) is 140 cm³/mol. The Morgan fingerprint density at radius 3 is 2.67 bits per heavy atom. The molecule has 0 aliphatic carbocycles. The summed E-state index contributed by atoms with van der Waals surface area (Å²) in [6.07, 6.45) is 1.01. The van der Waals surface area contributed by atoms with Gasteiger partial charge in [-0.25, -0.2) is 4.99 Å². The Hall–Kier alpha value is -2.12. The van der Waals surface area contributed by atoms with E-state index in [1.165, 1.54) is 0 Å². The molecule has 0 spiro atoms. The van der Waals surface area contributed by atoms with Gasteiger partial charge < -0.3 is 29.4 Å². The molecule has 0 atom stereocenters. The molecule has 1 aromatic carbocycles. The summed E-state index contributed by atoms with van der Waals surface area (Å²) >= 11 is 0. The second kappa shape index (κ2) is 14.2. The zero-order valence-corrected chi connectivity index (χ0v) is 22.3. The number of hydrogen-bond donors (Lipinski definition) is 2. The van der Waals surface area contributed by atoms with Crippen molar-refractivity contribution in [3.63, 3.8) is 0 Å². The zero-order chi connectivity index (χ0) is 22.8. The number of aliphatic imine (C=N–C) groups is 1. The molecule has 1 aliphatic heterocycles. The van der Waals surface area contributed by atoms with E-state index >= 15 is 0 Å². The third-order valence-corrected chi connectivity index (χ3v) is 5.33. The minimum Gasteiger partial charge on any atom is -0.493 e. The highest BCUT2D eigenvalue weighted by atomic mass is 127. The van der Waals surface area contributed by atoms with Gasteiger partial charge in [-0.05, 0) is 38.9 Å². The number of nitrogens with zero attached hydrogens (tertiary/aromatic N) is 5. The lowest BCUT2D eigenvalue weighted by Gasteiger charge is -2.26. The largest absolute Gasteiger partial charge is 0.493 e. The first-order valence-corrected chi connectivity index (χ1v) is 11.1. The number of hydrogen-bond acceptors (Lipinski definition) is 7. The summed E-state index contributed by atoms with van der Waals surface area (Å²) in [4.78, 5) is 7.15. The number of rotatable bonds is 10. The number of guanidine groups is 1. The van der Waals surface area contributed by atoms with E-state index in [1.807, 2.05) is 43.7 Å². The second-order valence-electron chi connectivity index (χ2n) is 7.55. The topological polar surface area (TPSA) is 98.1 Å². The van der Waals surface area contributed by atoms with E-state index in [9.17, 15) is 0 Å². The van der Waals surface area contributed by atoms with Crippen molar-refractivity contribution < 1.29 is 14.2 Å². The fourth-order valence-electron chi connectivity index (χ4n) is 3.37. The first-order valence-electron chi connectivity index (χ1n) is 11.1. The first kappa shape index (κ1) is 27.1. The van der Waals surface area contributed by atoms with E-state index in [0.29, 0.717) is 30.6 Å². The standard InChI is InChI=1S/C22H35N7O3.HI/c1-5-32-19-8-7-18(15-20(19)30-4)25-22(24-16-21-27-26-17(2)28(21)3)23-9-6-10-29-11-13-31-14-12-29;/h7-8,15H,5-6,9-14,16H2,1-4H3,(H2,23,24,25);1H. The number of halogens is 1. The molecule has 0 amide bonds. The summed E-state index contributed by atoms with van der Waals surface area (Å²) in [6.45, 7) is 10.3. The van der Waals surface area contributed by atoms with Gasteiger partial charge in [0, 0.05) is 38.4 Å². The van der Waals surface area contributed by atoms with Crippen LogP contribution in [-0.2, 0) is 18.3 Å². The van der Waals surface area contributed by atoms with E-state index in [4.69, 9.17) is 19.2 Å². The Balaban J connectivity index is 0.00000385. The van der Waals surface area contributed by atoms with Gasteiger partial charge in [-0.1, -0.05) is 0 Å². The molecule has 1 aliphatic rings. The van der Waals surface area contributed by atoms with E-state index in [1.54, 1.807) is 7.11 Å². The summed E-state index contributed by atoms with van der Waals surface area (Å²) in [5, 5.41) is 15.1. The molecule has 2 heterocycles. The maximum absolute atomic E-state index is 5.62. The molecule has 2 N–H and O–H groups in total. The smallest absolute Gasteiger partial charge is 0.196 e. The minimum absolute atomic E-state index is 0. The normalized spacial score (nSPS) is 14.5. The van der Waals surface area contributed by atoms with Crippen molar-refractivity contribution in [1.29, 1.82) is 0 Å². The van der Waals surface area contributed by atoms with Gasteiger partial charge in [-0.3, -0.25) is 4.90 Å². The number of nitrogens with one attached hydrogen (secondary N) is 2. The molecule has 0 bridgehead atoms. The number of morpholine rings is 1. The lowest BCUT2D eigenvalue weighted by atomic mass is 10.2. The SMILES string of the molecule is CCOc1ccc(NC(=NCc2nnc(C)n2C)NCCCN2CCOCC2)cc1OC.I. The molecule has 11 heteroatoms. The number of ether oxygens (including phenoxy) is 3. The van der Waals surface area contributed by atoms with Crippen molar-refractivity contribution in [2.75, 3.05) is 58.4 Å². The summed E-state index contributed by atoms with van der Waals surface area (Å²) in [5.74, 6) is 3.74. The van der Waals surface area contributed by atoms with Crippen molar-refractivity contribution in [3.05, 3.63) is 29.8 Å². The predicted octanol–water partition coefficient (Wildman–Crippen LogP) is 2.43. The van der Waals surface area contributed by atoms with Gasteiger partial charge in [0.2, 0.25) is 0 Å². The highest BCUT2D eigenvalue weighted by Gasteiger charge is 2.11. The highest BCUT2D eigenvalue weighted by Crippen LogP contribution is 2.30. The second-order valence-corrected chi connectivity index (χ2v) is 7.55. The molecule has 3 rings (SSSR count). The third kappa shape index (κ3) is 8.31. The number of methoxy groups -OCH3 is 1. The van der Waals surface area contributed by atoms with Crippen LogP contribution in [0, 0.1) is 6.92 Å². The van der Waals surface area contributed by atoms with Crippen molar-refractivity contribution in [1.82, 2.24) is 25.0 Å². The molecule has 1 saturated heterocycles. The molecule has 184 valence electrons. The van der Waals surface area contributed by atoms with Crippen LogP contribution in [0.25, 0.3) is 0 Å². The zero-order valence-electron chi connectivity index (χ0n) is 20.0. The van der Waals surface area contributed by atoms with Crippen molar-refractivity contribution in [2.45, 2.75) is 26.8 Å². The van der Waals surface area contributed by atoms with Gasteiger partial charge in [0.1, 0.15) is 12.4 Å². The average Bonchev–Trinajstić information content (AvgIpc) is 3.14. The van der Waals surface area contributed by atoms with Gasteiger partial charge >= 0.3 is 0 Å². The molecular weight excluding hydrogens is 537 g/mol. The molecule has 0 unspecified atom stereocenters. The Bertz CT molecular complexity index is 885. The third-order valence-electron chi connectivity index (χ3n) is 5.33. The Labute approximate surface area is 213 Å². The fraction of sp³-hybridized carbons (Fsp3) is 0.591. The number of benzene rings is 1. The highest BCUT2D eigenvalue weighted by molar-refractivity contribution is 14.0. The van der Waals surface area contributed by atoms with E-state index < -0.39 is 0 Å². The first-order chi connectivity index (χ1) is 15.6. The molecule has 2 aromatic rings. The molecule has 0 saturated carbocycles. The van der Waals surface area contributed by atoms with Crippen LogP contribution in [0.5, 0.6) is 11.5 Å². The van der Waals surface area contributed by atoms with Crippen LogP contribution in [-0.4, -0.2) is 78.7 Å². The Morgan fingerprint density at radius 2 is 2.00 bits per heavy atom. The van der Waals surface area contributed by atoms with Crippen LogP contribution in [0.4, 0.5) is 5.69 Å². The van der Waals surface area contributed by atoms with E-state index in [2.05, 4.69) is 25.7 Å². The Morgan fingerprint density at radius 1 is 1.21 bits per heavy atom. The van der Waals surface area contributed by atoms with Crippen LogP contribution < -0.4 is 20.1 Å². The van der Waals surface area contributed by atoms with Crippen molar-refractivity contribution in [3.8, 4) is 11.5 Å². The molecule has 1 fully saturated rings. The maximum atomic E-state index is 5.62. The molecular formula is C22H36IN7O3. The van der Waals surface area contributed by atoms with Crippen molar-refractivity contribution in [2.24, 2.45) is 12.0 Å². The van der Waals surface area contributed by atoms with Crippen LogP contribution in [0.1, 0.15) is 25.0 Å². The Kier molecular flexibility index (Phi) is 11.7. The summed E-state index contributed by atoms with van der Waals surface area (Å²) in [7, 11) is 3.58. The summed E-state index contributed by atoms with van der Waals surface area (Å²) in [6, 6.07) is 5.75. The number of anilines is 1. The molecule has 0 radical (unpaired) electrons. The van der Waals surface area contributed by atoms with Crippen LogP contribution in [0.15, 0.2) is 23.2 Å². The molecule has 1 aromatic heterocycles. The maximum Gasteiger partial charge on any atom is 0.196 e. The molecule has 33 heavy (non-hydrogen) atoms.